The largest absolute Gasteiger partial charge is 0.386 e. The molecule has 0 radical (unpaired) electrons. The number of amidine groups is 1. The van der Waals surface area contributed by atoms with Crippen LogP contribution in [0.3, 0.4) is 0 Å². The first kappa shape index (κ1) is 13.5. The van der Waals surface area contributed by atoms with E-state index in [9.17, 15) is 4.79 Å². The highest BCUT2D eigenvalue weighted by atomic mass is 35.5. The molecule has 1 heterocycles. The second-order valence-electron chi connectivity index (χ2n) is 3.55. The highest BCUT2D eigenvalue weighted by molar-refractivity contribution is 7.13. The number of benzene rings is 1. The quantitative estimate of drug-likeness (QED) is 0.517. The van der Waals surface area contributed by atoms with E-state index in [1.165, 1.54) is 11.3 Å². The van der Waals surface area contributed by atoms with Gasteiger partial charge in [-0.15, -0.1) is 22.9 Å². The van der Waals surface area contributed by atoms with E-state index < -0.39 is 0 Å². The molecule has 1 aromatic carbocycles. The van der Waals surface area contributed by atoms with Gasteiger partial charge < -0.3 is 5.73 Å². The van der Waals surface area contributed by atoms with Gasteiger partial charge in [0.2, 0.25) is 0 Å². The molecule has 0 saturated carbocycles. The van der Waals surface area contributed by atoms with Crippen molar-refractivity contribution < 1.29 is 4.79 Å². The van der Waals surface area contributed by atoms with Gasteiger partial charge >= 0.3 is 0 Å². The summed E-state index contributed by atoms with van der Waals surface area (Å²) in [5.41, 5.74) is 6.49. The number of nitrogens with two attached hydrogens (primary N) is 1. The van der Waals surface area contributed by atoms with Crippen molar-refractivity contribution in [2.24, 2.45) is 10.7 Å². The van der Waals surface area contributed by atoms with Crippen molar-refractivity contribution in [1.82, 2.24) is 4.98 Å². The van der Waals surface area contributed by atoms with Crippen molar-refractivity contribution in [2.75, 3.05) is 11.2 Å². The second-order valence-corrected chi connectivity index (χ2v) is 4.71. The Labute approximate surface area is 119 Å². The molecule has 0 unspecified atom stereocenters. The lowest BCUT2D eigenvalue weighted by molar-refractivity contribution is 0.102. The Hall–Kier alpha value is -1.92. The van der Waals surface area contributed by atoms with E-state index in [0.29, 0.717) is 16.4 Å². The molecule has 0 spiro atoms. The number of hydrogen-bond donors (Lipinski definition) is 2. The van der Waals surface area contributed by atoms with E-state index in [2.05, 4.69) is 15.3 Å². The third-order valence-electron chi connectivity index (χ3n) is 2.20. The highest BCUT2D eigenvalue weighted by Gasteiger charge is 2.12. The molecule has 3 N–H and O–H groups in total. The van der Waals surface area contributed by atoms with Crippen LogP contribution in [0.4, 0.5) is 10.8 Å². The lowest BCUT2D eigenvalue weighted by Gasteiger charge is -2.05. The van der Waals surface area contributed by atoms with E-state index in [1.54, 1.807) is 35.8 Å². The topological polar surface area (TPSA) is 80.4 Å². The van der Waals surface area contributed by atoms with Crippen LogP contribution in [0.15, 0.2) is 40.8 Å². The number of thiazole rings is 1. The maximum atomic E-state index is 12.1. The third kappa shape index (κ3) is 3.52. The predicted octanol–water partition coefficient (Wildman–Crippen LogP) is 2.62. The molecule has 0 aliphatic carbocycles. The Bertz CT molecular complexity index is 598. The number of nitrogens with zero attached hydrogens (tertiary/aromatic N) is 2. The monoisotopic (exact) mass is 294 g/mol. The second kappa shape index (κ2) is 6.31. The maximum Gasteiger partial charge on any atom is 0.259 e. The number of amides is 1. The molecule has 0 bridgehead atoms. The van der Waals surface area contributed by atoms with E-state index in [1.807, 2.05) is 0 Å². The van der Waals surface area contributed by atoms with Crippen LogP contribution < -0.4 is 11.1 Å². The summed E-state index contributed by atoms with van der Waals surface area (Å²) >= 11 is 6.93. The SMILES string of the molecule is NC(CCl)=Nc1ccccc1C(=O)Nc1nccs1. The summed E-state index contributed by atoms with van der Waals surface area (Å²) in [6.07, 6.45) is 1.62. The molecule has 5 nitrogen and oxygen atoms in total. The number of alkyl halides is 1. The van der Waals surface area contributed by atoms with Crippen LogP contribution in [-0.4, -0.2) is 22.6 Å². The summed E-state index contributed by atoms with van der Waals surface area (Å²) in [5, 5.41) is 5.01. The Morgan fingerprint density at radius 1 is 1.47 bits per heavy atom. The number of aliphatic imine (C=N–C) groups is 1. The van der Waals surface area contributed by atoms with Crippen LogP contribution in [0, 0.1) is 0 Å². The Morgan fingerprint density at radius 2 is 2.26 bits per heavy atom. The number of halogens is 1. The van der Waals surface area contributed by atoms with Crippen molar-refractivity contribution in [2.45, 2.75) is 0 Å². The van der Waals surface area contributed by atoms with Gasteiger partial charge in [-0.1, -0.05) is 12.1 Å². The number of hydrogen-bond acceptors (Lipinski definition) is 4. The smallest absolute Gasteiger partial charge is 0.259 e. The molecule has 0 atom stereocenters. The molecule has 0 fully saturated rings. The molecular formula is C12H11ClN4OS. The van der Waals surface area contributed by atoms with Gasteiger partial charge in [0, 0.05) is 11.6 Å². The van der Waals surface area contributed by atoms with Gasteiger partial charge in [0.1, 0.15) is 5.84 Å². The van der Waals surface area contributed by atoms with Gasteiger partial charge in [-0.2, -0.15) is 0 Å². The van der Waals surface area contributed by atoms with Crippen LogP contribution in [-0.2, 0) is 0 Å². The minimum absolute atomic E-state index is 0.114. The molecule has 0 aliphatic heterocycles. The van der Waals surface area contributed by atoms with Crippen molar-refractivity contribution in [3.63, 3.8) is 0 Å². The number of carbonyl (C=O) groups is 1. The number of aromatic nitrogens is 1. The number of para-hydroxylation sites is 1. The summed E-state index contributed by atoms with van der Waals surface area (Å²) in [6.45, 7) is 0. The maximum absolute atomic E-state index is 12.1. The van der Waals surface area contributed by atoms with Crippen molar-refractivity contribution in [1.29, 1.82) is 0 Å². The van der Waals surface area contributed by atoms with Gasteiger partial charge in [-0.3, -0.25) is 10.1 Å². The van der Waals surface area contributed by atoms with E-state index in [4.69, 9.17) is 17.3 Å². The van der Waals surface area contributed by atoms with E-state index in [-0.39, 0.29) is 17.6 Å². The molecule has 7 heteroatoms. The van der Waals surface area contributed by atoms with Gasteiger partial charge in [0.15, 0.2) is 5.13 Å². The van der Waals surface area contributed by atoms with E-state index >= 15 is 0 Å². The summed E-state index contributed by atoms with van der Waals surface area (Å²) in [5.74, 6) is 0.0930. The lowest BCUT2D eigenvalue weighted by atomic mass is 10.1. The van der Waals surface area contributed by atoms with Crippen molar-refractivity contribution in [3.05, 3.63) is 41.4 Å². The molecule has 98 valence electrons. The predicted molar refractivity (Wildman–Crippen MR) is 78.5 cm³/mol. The van der Waals surface area contributed by atoms with Crippen LogP contribution >= 0.6 is 22.9 Å². The summed E-state index contributed by atoms with van der Waals surface area (Å²) in [4.78, 5) is 20.2. The zero-order chi connectivity index (χ0) is 13.7. The third-order valence-corrected chi connectivity index (χ3v) is 3.16. The zero-order valence-corrected chi connectivity index (χ0v) is 11.4. The number of rotatable bonds is 4. The van der Waals surface area contributed by atoms with E-state index in [0.717, 1.165) is 0 Å². The molecule has 2 rings (SSSR count). The molecule has 0 saturated heterocycles. The number of nitrogens with one attached hydrogen (secondary N) is 1. The normalized spacial score (nSPS) is 11.3. The summed E-state index contributed by atoms with van der Waals surface area (Å²) < 4.78 is 0. The zero-order valence-electron chi connectivity index (χ0n) is 9.84. The summed E-state index contributed by atoms with van der Waals surface area (Å²) in [7, 11) is 0. The molecule has 2 aromatic rings. The standard InChI is InChI=1S/C12H11ClN4OS/c13-7-10(14)16-9-4-2-1-3-8(9)11(18)17-12-15-5-6-19-12/h1-6H,7H2,(H2,14,16)(H,15,17,18). The fraction of sp³-hybridized carbons (Fsp3) is 0.0833. The molecule has 1 amide bonds. The Balaban J connectivity index is 2.26. The van der Waals surface area contributed by atoms with Crippen molar-refractivity contribution in [3.8, 4) is 0 Å². The lowest BCUT2D eigenvalue weighted by Crippen LogP contribution is -2.14. The molecule has 0 aliphatic rings. The average molecular weight is 295 g/mol. The molecule has 1 aromatic heterocycles. The van der Waals surface area contributed by atoms with Gasteiger partial charge in [0.05, 0.1) is 17.1 Å². The Morgan fingerprint density at radius 3 is 2.95 bits per heavy atom. The van der Waals surface area contributed by atoms with Gasteiger partial charge in [-0.25, -0.2) is 9.98 Å². The number of anilines is 1. The first-order valence-electron chi connectivity index (χ1n) is 5.39. The van der Waals surface area contributed by atoms with Crippen LogP contribution in [0.25, 0.3) is 0 Å². The first-order valence-corrected chi connectivity index (χ1v) is 6.81. The average Bonchev–Trinajstić information content (AvgIpc) is 2.92. The van der Waals surface area contributed by atoms with Crippen LogP contribution in [0.2, 0.25) is 0 Å². The van der Waals surface area contributed by atoms with Gasteiger partial charge in [0.25, 0.3) is 5.91 Å². The number of carbonyl (C=O) groups excluding carboxylic acids is 1. The van der Waals surface area contributed by atoms with Crippen molar-refractivity contribution >= 4 is 45.5 Å². The van der Waals surface area contributed by atoms with Crippen LogP contribution in [0.5, 0.6) is 0 Å². The van der Waals surface area contributed by atoms with Crippen LogP contribution in [0.1, 0.15) is 10.4 Å². The van der Waals surface area contributed by atoms with Gasteiger partial charge in [-0.05, 0) is 12.1 Å². The first-order chi connectivity index (χ1) is 9.20. The highest BCUT2D eigenvalue weighted by Crippen LogP contribution is 2.21. The molecule has 19 heavy (non-hydrogen) atoms. The fourth-order valence-corrected chi connectivity index (χ4v) is 1.98. The Kier molecular flexibility index (Phi) is 4.48. The minimum atomic E-state index is -0.281. The fourth-order valence-electron chi connectivity index (χ4n) is 1.40. The summed E-state index contributed by atoms with van der Waals surface area (Å²) in [6, 6.07) is 6.91. The minimum Gasteiger partial charge on any atom is -0.386 e. The molecular weight excluding hydrogens is 284 g/mol.